The topological polar surface area (TPSA) is 18.5 Å². The van der Waals surface area contributed by atoms with Crippen molar-refractivity contribution in [1.82, 2.24) is 0 Å². The Morgan fingerprint density at radius 1 is 0.955 bits per heavy atom. The number of hydrogen-bond donors (Lipinski definition) is 0. The summed E-state index contributed by atoms with van der Waals surface area (Å²) < 4.78 is 12.5. The molecule has 0 bridgehead atoms. The molecule has 1 aliphatic heterocycles. The van der Waals surface area contributed by atoms with Gasteiger partial charge in [-0.1, -0.05) is 58.4 Å². The lowest BCUT2D eigenvalue weighted by Gasteiger charge is -2.41. The van der Waals surface area contributed by atoms with E-state index in [1.807, 2.05) is 18.2 Å². The van der Waals surface area contributed by atoms with Crippen LogP contribution in [0.25, 0.3) is 0 Å². The molecule has 1 saturated heterocycles. The van der Waals surface area contributed by atoms with E-state index in [-0.39, 0.29) is 5.41 Å². The van der Waals surface area contributed by atoms with Crippen molar-refractivity contribution >= 4 is 15.9 Å². The van der Waals surface area contributed by atoms with Crippen molar-refractivity contribution in [3.63, 3.8) is 0 Å². The standard InChI is InChI=1S/C19H21BrO2/c20-18-8-6-16(7-9-18)12-19(14-22-15-19)10-11-21-13-17-4-2-1-3-5-17/h1-9H,10-15H2. The van der Waals surface area contributed by atoms with Crippen molar-refractivity contribution in [2.45, 2.75) is 19.4 Å². The van der Waals surface area contributed by atoms with Gasteiger partial charge in [0.05, 0.1) is 19.8 Å². The van der Waals surface area contributed by atoms with Crippen molar-refractivity contribution in [2.24, 2.45) is 5.41 Å². The van der Waals surface area contributed by atoms with Crippen LogP contribution in [0, 0.1) is 5.41 Å². The maximum Gasteiger partial charge on any atom is 0.0716 e. The van der Waals surface area contributed by atoms with Crippen LogP contribution in [0.3, 0.4) is 0 Å². The molecule has 0 aromatic heterocycles. The normalized spacial score (nSPS) is 16.2. The van der Waals surface area contributed by atoms with Gasteiger partial charge in [0, 0.05) is 16.5 Å². The molecule has 2 aromatic rings. The van der Waals surface area contributed by atoms with Gasteiger partial charge >= 0.3 is 0 Å². The fourth-order valence-corrected chi connectivity index (χ4v) is 3.08. The van der Waals surface area contributed by atoms with Crippen molar-refractivity contribution in [3.8, 4) is 0 Å². The largest absolute Gasteiger partial charge is 0.380 e. The second kappa shape index (κ2) is 7.40. The lowest BCUT2D eigenvalue weighted by Crippen LogP contribution is -2.45. The third-order valence-corrected chi connectivity index (χ3v) is 4.73. The molecular formula is C19H21BrO2. The third-order valence-electron chi connectivity index (χ3n) is 4.20. The predicted molar refractivity (Wildman–Crippen MR) is 91.8 cm³/mol. The van der Waals surface area contributed by atoms with Crippen LogP contribution in [0.1, 0.15) is 17.5 Å². The van der Waals surface area contributed by atoms with Gasteiger partial charge < -0.3 is 9.47 Å². The molecule has 22 heavy (non-hydrogen) atoms. The Labute approximate surface area is 140 Å². The molecule has 0 atom stereocenters. The van der Waals surface area contributed by atoms with E-state index < -0.39 is 0 Å². The number of hydrogen-bond acceptors (Lipinski definition) is 2. The van der Waals surface area contributed by atoms with E-state index in [4.69, 9.17) is 9.47 Å². The first kappa shape index (κ1) is 15.7. The quantitative estimate of drug-likeness (QED) is 0.671. The van der Waals surface area contributed by atoms with E-state index in [9.17, 15) is 0 Å². The molecule has 0 radical (unpaired) electrons. The van der Waals surface area contributed by atoms with E-state index >= 15 is 0 Å². The zero-order valence-corrected chi connectivity index (χ0v) is 14.2. The summed E-state index contributed by atoms with van der Waals surface area (Å²) >= 11 is 3.48. The van der Waals surface area contributed by atoms with Gasteiger partial charge in [-0.2, -0.15) is 0 Å². The minimum absolute atomic E-state index is 0.254. The molecule has 0 saturated carbocycles. The fraction of sp³-hybridized carbons (Fsp3) is 0.368. The summed E-state index contributed by atoms with van der Waals surface area (Å²) in [5.41, 5.74) is 2.86. The number of benzene rings is 2. The molecular weight excluding hydrogens is 340 g/mol. The van der Waals surface area contributed by atoms with Gasteiger partial charge in [-0.25, -0.2) is 0 Å². The first-order chi connectivity index (χ1) is 10.8. The van der Waals surface area contributed by atoms with Crippen LogP contribution in [-0.4, -0.2) is 19.8 Å². The first-order valence-electron chi connectivity index (χ1n) is 7.70. The molecule has 0 N–H and O–H groups in total. The summed E-state index contributed by atoms with van der Waals surface area (Å²) in [5.74, 6) is 0. The molecule has 1 fully saturated rings. The van der Waals surface area contributed by atoms with Crippen molar-refractivity contribution in [2.75, 3.05) is 19.8 Å². The van der Waals surface area contributed by atoms with Crippen LogP contribution in [-0.2, 0) is 22.5 Å². The lowest BCUT2D eigenvalue weighted by molar-refractivity contribution is -0.126. The fourth-order valence-electron chi connectivity index (χ4n) is 2.81. The highest BCUT2D eigenvalue weighted by Crippen LogP contribution is 2.35. The van der Waals surface area contributed by atoms with Crippen molar-refractivity contribution < 1.29 is 9.47 Å². The summed E-state index contributed by atoms with van der Waals surface area (Å²) in [7, 11) is 0. The van der Waals surface area contributed by atoms with Crippen LogP contribution in [0.5, 0.6) is 0 Å². The summed E-state index contributed by atoms with van der Waals surface area (Å²) in [6.45, 7) is 3.17. The molecule has 0 aliphatic carbocycles. The van der Waals surface area contributed by atoms with Crippen molar-refractivity contribution in [1.29, 1.82) is 0 Å². The van der Waals surface area contributed by atoms with Crippen LogP contribution in [0.15, 0.2) is 59.1 Å². The molecule has 0 unspecified atom stereocenters. The van der Waals surface area contributed by atoms with E-state index in [2.05, 4.69) is 52.3 Å². The minimum Gasteiger partial charge on any atom is -0.380 e. The second-order valence-electron chi connectivity index (χ2n) is 6.08. The zero-order chi connectivity index (χ0) is 15.3. The van der Waals surface area contributed by atoms with Crippen LogP contribution in [0.4, 0.5) is 0 Å². The summed E-state index contributed by atoms with van der Waals surface area (Å²) in [4.78, 5) is 0. The smallest absolute Gasteiger partial charge is 0.0716 e. The van der Waals surface area contributed by atoms with Gasteiger partial charge in [0.2, 0.25) is 0 Å². The Hall–Kier alpha value is -1.16. The van der Waals surface area contributed by atoms with E-state index in [0.717, 1.165) is 37.1 Å². The number of halogens is 1. The zero-order valence-electron chi connectivity index (χ0n) is 12.6. The second-order valence-corrected chi connectivity index (χ2v) is 7.00. The van der Waals surface area contributed by atoms with Gasteiger partial charge in [0.15, 0.2) is 0 Å². The molecule has 3 rings (SSSR count). The molecule has 2 nitrogen and oxygen atoms in total. The molecule has 116 valence electrons. The monoisotopic (exact) mass is 360 g/mol. The highest BCUT2D eigenvalue weighted by atomic mass is 79.9. The number of rotatable bonds is 7. The summed E-state index contributed by atoms with van der Waals surface area (Å²) in [5, 5.41) is 0. The third kappa shape index (κ3) is 4.19. The maximum absolute atomic E-state index is 5.84. The molecule has 2 aromatic carbocycles. The summed E-state index contributed by atoms with van der Waals surface area (Å²) in [6, 6.07) is 18.9. The van der Waals surface area contributed by atoms with Crippen LogP contribution < -0.4 is 0 Å². The highest BCUT2D eigenvalue weighted by molar-refractivity contribution is 9.10. The minimum atomic E-state index is 0.254. The Morgan fingerprint density at radius 2 is 1.68 bits per heavy atom. The Bertz CT molecular complexity index is 576. The van der Waals surface area contributed by atoms with Crippen LogP contribution in [0.2, 0.25) is 0 Å². The predicted octanol–water partition coefficient (Wildman–Crippen LogP) is 4.62. The first-order valence-corrected chi connectivity index (χ1v) is 8.49. The van der Waals surface area contributed by atoms with Gasteiger partial charge in [-0.05, 0) is 36.1 Å². The SMILES string of the molecule is Brc1ccc(CC2(CCOCc3ccccc3)COC2)cc1. The van der Waals surface area contributed by atoms with E-state index in [0.29, 0.717) is 6.61 Å². The average molecular weight is 361 g/mol. The van der Waals surface area contributed by atoms with Gasteiger partial charge in [0.25, 0.3) is 0 Å². The molecule has 0 spiro atoms. The van der Waals surface area contributed by atoms with Crippen LogP contribution >= 0.6 is 15.9 Å². The van der Waals surface area contributed by atoms with E-state index in [1.54, 1.807) is 0 Å². The highest BCUT2D eigenvalue weighted by Gasteiger charge is 2.38. The Balaban J connectivity index is 1.48. The maximum atomic E-state index is 5.84. The van der Waals surface area contributed by atoms with E-state index in [1.165, 1.54) is 11.1 Å². The van der Waals surface area contributed by atoms with Crippen molar-refractivity contribution in [3.05, 3.63) is 70.2 Å². The molecule has 3 heteroatoms. The summed E-state index contributed by atoms with van der Waals surface area (Å²) in [6.07, 6.45) is 2.12. The number of ether oxygens (including phenoxy) is 2. The Morgan fingerprint density at radius 3 is 2.32 bits per heavy atom. The van der Waals surface area contributed by atoms with Gasteiger partial charge in [-0.3, -0.25) is 0 Å². The van der Waals surface area contributed by atoms with Gasteiger partial charge in [0.1, 0.15) is 0 Å². The lowest BCUT2D eigenvalue weighted by atomic mass is 9.77. The van der Waals surface area contributed by atoms with Gasteiger partial charge in [-0.15, -0.1) is 0 Å². The average Bonchev–Trinajstić information content (AvgIpc) is 2.52. The molecule has 1 heterocycles. The molecule has 0 amide bonds. The molecule has 1 aliphatic rings. The Kier molecular flexibility index (Phi) is 5.29.